The zero-order chi connectivity index (χ0) is 12.6. The molecule has 0 N–H and O–H groups in total. The highest BCUT2D eigenvalue weighted by Crippen LogP contribution is 2.27. The summed E-state index contributed by atoms with van der Waals surface area (Å²) in [6.45, 7) is 4.01. The third kappa shape index (κ3) is 2.44. The standard InChI is InChI=1S/C12H11Br2ClN2/c1-7-12(14)8(2)17(16-7)11-5-10(15)4-3-9(11)6-13/h3-5H,6H2,1-2H3. The average molecular weight is 378 g/mol. The fourth-order valence-corrected chi connectivity index (χ4v) is 2.59. The van der Waals surface area contributed by atoms with Gasteiger partial charge in [-0.3, -0.25) is 0 Å². The Kier molecular flexibility index (Phi) is 3.95. The van der Waals surface area contributed by atoms with Crippen molar-refractivity contribution in [3.63, 3.8) is 0 Å². The van der Waals surface area contributed by atoms with Gasteiger partial charge in [0.2, 0.25) is 0 Å². The van der Waals surface area contributed by atoms with E-state index < -0.39 is 0 Å². The van der Waals surface area contributed by atoms with Crippen LogP contribution in [0.4, 0.5) is 0 Å². The molecule has 0 spiro atoms. The molecular weight excluding hydrogens is 367 g/mol. The molecule has 2 nitrogen and oxygen atoms in total. The summed E-state index contributed by atoms with van der Waals surface area (Å²) >= 11 is 13.1. The van der Waals surface area contributed by atoms with E-state index in [1.54, 1.807) is 0 Å². The Labute approximate surface area is 122 Å². The normalized spacial score (nSPS) is 10.9. The van der Waals surface area contributed by atoms with Crippen molar-refractivity contribution in [3.8, 4) is 5.69 Å². The fourth-order valence-electron chi connectivity index (χ4n) is 1.71. The van der Waals surface area contributed by atoms with E-state index in [1.165, 1.54) is 0 Å². The minimum Gasteiger partial charge on any atom is -0.236 e. The zero-order valence-corrected chi connectivity index (χ0v) is 13.4. The summed E-state index contributed by atoms with van der Waals surface area (Å²) in [7, 11) is 0. The lowest BCUT2D eigenvalue weighted by molar-refractivity contribution is 0.826. The van der Waals surface area contributed by atoms with Gasteiger partial charge in [-0.25, -0.2) is 4.68 Å². The Bertz CT molecular complexity index is 564. The van der Waals surface area contributed by atoms with E-state index in [9.17, 15) is 0 Å². The largest absolute Gasteiger partial charge is 0.236 e. The van der Waals surface area contributed by atoms with Crippen molar-refractivity contribution < 1.29 is 0 Å². The van der Waals surface area contributed by atoms with Gasteiger partial charge in [0, 0.05) is 10.4 Å². The van der Waals surface area contributed by atoms with Gasteiger partial charge >= 0.3 is 0 Å². The smallest absolute Gasteiger partial charge is 0.0743 e. The second-order valence-corrected chi connectivity index (χ2v) is 5.59. The molecule has 0 unspecified atom stereocenters. The number of halogens is 3. The molecule has 0 aliphatic rings. The van der Waals surface area contributed by atoms with Crippen LogP contribution in [-0.2, 0) is 5.33 Å². The minimum atomic E-state index is 0.716. The Hall–Kier alpha value is -0.320. The molecule has 0 fully saturated rings. The second-order valence-electron chi connectivity index (χ2n) is 3.80. The summed E-state index contributed by atoms with van der Waals surface area (Å²) in [6.07, 6.45) is 0. The molecule has 0 saturated heterocycles. The summed E-state index contributed by atoms with van der Waals surface area (Å²) < 4.78 is 2.96. The van der Waals surface area contributed by atoms with Crippen LogP contribution in [0, 0.1) is 13.8 Å². The maximum absolute atomic E-state index is 6.05. The van der Waals surface area contributed by atoms with Crippen molar-refractivity contribution in [1.29, 1.82) is 0 Å². The van der Waals surface area contributed by atoms with Crippen LogP contribution in [0.1, 0.15) is 17.0 Å². The van der Waals surface area contributed by atoms with Crippen LogP contribution >= 0.6 is 43.5 Å². The molecule has 0 amide bonds. The van der Waals surface area contributed by atoms with E-state index >= 15 is 0 Å². The van der Waals surface area contributed by atoms with E-state index in [4.69, 9.17) is 11.6 Å². The molecule has 1 aromatic heterocycles. The molecule has 17 heavy (non-hydrogen) atoms. The Morgan fingerprint density at radius 1 is 1.35 bits per heavy atom. The first-order chi connectivity index (χ1) is 8.04. The maximum Gasteiger partial charge on any atom is 0.0743 e. The van der Waals surface area contributed by atoms with Crippen molar-refractivity contribution in [3.05, 3.63) is 44.6 Å². The summed E-state index contributed by atoms with van der Waals surface area (Å²) in [5.41, 5.74) is 4.23. The third-order valence-electron chi connectivity index (χ3n) is 2.62. The van der Waals surface area contributed by atoms with Crippen molar-refractivity contribution in [2.45, 2.75) is 19.2 Å². The maximum atomic E-state index is 6.05. The van der Waals surface area contributed by atoms with E-state index in [1.807, 2.05) is 36.7 Å². The van der Waals surface area contributed by atoms with Gasteiger partial charge in [0.05, 0.1) is 21.5 Å². The molecule has 0 aliphatic heterocycles. The third-order valence-corrected chi connectivity index (χ3v) is 4.61. The van der Waals surface area contributed by atoms with Crippen molar-refractivity contribution in [2.75, 3.05) is 0 Å². The molecule has 0 aliphatic carbocycles. The van der Waals surface area contributed by atoms with Gasteiger partial charge in [0.25, 0.3) is 0 Å². The number of alkyl halides is 1. The average Bonchev–Trinajstić information content (AvgIpc) is 2.57. The van der Waals surface area contributed by atoms with E-state index in [0.717, 1.165) is 32.4 Å². The van der Waals surface area contributed by atoms with Gasteiger partial charge in [-0.2, -0.15) is 5.10 Å². The number of hydrogen-bond acceptors (Lipinski definition) is 1. The van der Waals surface area contributed by atoms with Gasteiger partial charge in [-0.1, -0.05) is 33.6 Å². The van der Waals surface area contributed by atoms with Crippen molar-refractivity contribution in [1.82, 2.24) is 9.78 Å². The molecular formula is C12H11Br2ClN2. The summed E-state index contributed by atoms with van der Waals surface area (Å²) in [6, 6.07) is 5.84. The molecule has 0 atom stereocenters. The van der Waals surface area contributed by atoms with Gasteiger partial charge in [0.1, 0.15) is 0 Å². The van der Waals surface area contributed by atoms with Gasteiger partial charge in [-0.05, 0) is 47.5 Å². The molecule has 2 rings (SSSR count). The zero-order valence-electron chi connectivity index (χ0n) is 9.47. The minimum absolute atomic E-state index is 0.716. The van der Waals surface area contributed by atoms with Crippen LogP contribution in [0.25, 0.3) is 5.69 Å². The molecule has 0 radical (unpaired) electrons. The first-order valence-corrected chi connectivity index (χ1v) is 7.40. The second kappa shape index (κ2) is 5.12. The Morgan fingerprint density at radius 2 is 2.06 bits per heavy atom. The quantitative estimate of drug-likeness (QED) is 0.687. The van der Waals surface area contributed by atoms with Crippen LogP contribution in [0.5, 0.6) is 0 Å². The number of nitrogens with zero attached hydrogens (tertiary/aromatic N) is 2. The summed E-state index contributed by atoms with van der Waals surface area (Å²) in [5.74, 6) is 0. The van der Waals surface area contributed by atoms with Gasteiger partial charge in [-0.15, -0.1) is 0 Å². The highest BCUT2D eigenvalue weighted by atomic mass is 79.9. The molecule has 0 bridgehead atoms. The van der Waals surface area contributed by atoms with Crippen LogP contribution in [0.2, 0.25) is 5.02 Å². The van der Waals surface area contributed by atoms with E-state index in [2.05, 4.69) is 37.0 Å². The molecule has 1 aromatic carbocycles. The Morgan fingerprint density at radius 3 is 2.59 bits per heavy atom. The number of aryl methyl sites for hydroxylation is 1. The number of hydrogen-bond donors (Lipinski definition) is 0. The van der Waals surface area contributed by atoms with Crippen LogP contribution < -0.4 is 0 Å². The van der Waals surface area contributed by atoms with Crippen LogP contribution in [0.15, 0.2) is 22.7 Å². The number of rotatable bonds is 2. The number of aromatic nitrogens is 2. The van der Waals surface area contributed by atoms with Gasteiger partial charge in [0.15, 0.2) is 0 Å². The lowest BCUT2D eigenvalue weighted by Crippen LogP contribution is -2.02. The summed E-state index contributed by atoms with van der Waals surface area (Å²) in [5, 5.41) is 6.01. The van der Waals surface area contributed by atoms with Crippen molar-refractivity contribution >= 4 is 43.5 Å². The summed E-state index contributed by atoms with van der Waals surface area (Å²) in [4.78, 5) is 0. The Balaban J connectivity index is 2.67. The van der Waals surface area contributed by atoms with Gasteiger partial charge < -0.3 is 0 Å². The molecule has 2 aromatic rings. The SMILES string of the molecule is Cc1nn(-c2cc(Cl)ccc2CBr)c(C)c1Br. The first kappa shape index (κ1) is 13.1. The molecule has 5 heteroatoms. The highest BCUT2D eigenvalue weighted by Gasteiger charge is 2.13. The molecule has 0 saturated carbocycles. The highest BCUT2D eigenvalue weighted by molar-refractivity contribution is 9.10. The monoisotopic (exact) mass is 376 g/mol. The molecule has 90 valence electrons. The van der Waals surface area contributed by atoms with Crippen molar-refractivity contribution in [2.24, 2.45) is 0 Å². The number of benzene rings is 1. The lowest BCUT2D eigenvalue weighted by atomic mass is 10.2. The van der Waals surface area contributed by atoms with E-state index in [-0.39, 0.29) is 0 Å². The predicted molar refractivity (Wildman–Crippen MR) is 78.4 cm³/mol. The van der Waals surface area contributed by atoms with E-state index in [0.29, 0.717) is 5.02 Å². The topological polar surface area (TPSA) is 17.8 Å². The fraction of sp³-hybridized carbons (Fsp3) is 0.250. The first-order valence-electron chi connectivity index (χ1n) is 5.11. The predicted octanol–water partition coefficient (Wildman–Crippen LogP) is 4.80. The van der Waals surface area contributed by atoms with Crippen LogP contribution in [0.3, 0.4) is 0 Å². The van der Waals surface area contributed by atoms with Crippen LogP contribution in [-0.4, -0.2) is 9.78 Å². The lowest BCUT2D eigenvalue weighted by Gasteiger charge is -2.10. The molecule has 1 heterocycles.